The van der Waals surface area contributed by atoms with E-state index in [1.807, 2.05) is 0 Å². The minimum Gasteiger partial charge on any atom is -0.365 e. The number of carbonyl (C=O) groups excluding carboxylic acids is 1. The number of nitrogens with one attached hydrogen (secondary N) is 3. The average molecular weight is 383 g/mol. The van der Waals surface area contributed by atoms with Crippen molar-refractivity contribution in [2.75, 3.05) is 5.32 Å². The quantitative estimate of drug-likeness (QED) is 0.736. The molecule has 1 saturated carbocycles. The Morgan fingerprint density at radius 2 is 1.93 bits per heavy atom. The number of amides is 1. The zero-order valence-electron chi connectivity index (χ0n) is 16.9. The highest BCUT2D eigenvalue weighted by Gasteiger charge is 2.30. The molecule has 1 fully saturated rings. The smallest absolute Gasteiger partial charge is 0.255 e. The summed E-state index contributed by atoms with van der Waals surface area (Å²) < 4.78 is 0. The van der Waals surface area contributed by atoms with Crippen LogP contribution in [0.1, 0.15) is 62.4 Å². The molecule has 2 aromatic rings. The number of rotatable bonds is 5. The van der Waals surface area contributed by atoms with Crippen LogP contribution in [-0.4, -0.2) is 21.9 Å². The van der Waals surface area contributed by atoms with Gasteiger partial charge >= 0.3 is 0 Å². The third-order valence-electron chi connectivity index (χ3n) is 5.65. The Kier molecular flexibility index (Phi) is 6.17. The highest BCUT2D eigenvalue weighted by atomic mass is 16.1. The van der Waals surface area contributed by atoms with Crippen LogP contribution in [0.5, 0.6) is 0 Å². The molecule has 1 amide bonds. The molecular formula is C22H30N4O2. The molecule has 3 rings (SSSR count). The largest absolute Gasteiger partial charge is 0.365 e. The standard InChI is InChI=1S/C22H30N4O2/c1-22(2,3)16-7-9-17(10-8-16)26-21(28)18-5-4-12-23-20(18)25-14-15-6-11-19(27)24-13-15/h4-6,11-13,16-17H,7-10,14H2,1-3H3,(H,23,25)(H,24,27)(H,26,28)/t16-,17+. The monoisotopic (exact) mass is 382 g/mol. The fourth-order valence-corrected chi connectivity index (χ4v) is 3.83. The van der Waals surface area contributed by atoms with E-state index in [1.54, 1.807) is 30.6 Å². The number of carbonyl (C=O) groups is 1. The molecule has 0 atom stereocenters. The van der Waals surface area contributed by atoms with Gasteiger partial charge < -0.3 is 15.6 Å². The van der Waals surface area contributed by atoms with Crippen LogP contribution in [0.15, 0.2) is 41.5 Å². The Bertz CT molecular complexity index is 841. The molecule has 28 heavy (non-hydrogen) atoms. The Hall–Kier alpha value is -2.63. The van der Waals surface area contributed by atoms with Crippen molar-refractivity contribution >= 4 is 11.7 Å². The first-order chi connectivity index (χ1) is 13.3. The number of hydrogen-bond acceptors (Lipinski definition) is 4. The molecular weight excluding hydrogens is 352 g/mol. The van der Waals surface area contributed by atoms with Gasteiger partial charge in [0.05, 0.1) is 5.56 Å². The number of anilines is 1. The lowest BCUT2D eigenvalue weighted by atomic mass is 9.71. The van der Waals surface area contributed by atoms with Gasteiger partial charge in [0.2, 0.25) is 5.56 Å². The number of nitrogens with zero attached hydrogens (tertiary/aromatic N) is 1. The first-order valence-electron chi connectivity index (χ1n) is 10.0. The van der Waals surface area contributed by atoms with E-state index in [0.29, 0.717) is 29.3 Å². The van der Waals surface area contributed by atoms with Crippen molar-refractivity contribution in [1.29, 1.82) is 0 Å². The van der Waals surface area contributed by atoms with Gasteiger partial charge in [0.25, 0.3) is 5.91 Å². The second kappa shape index (κ2) is 8.59. The third-order valence-corrected chi connectivity index (χ3v) is 5.65. The summed E-state index contributed by atoms with van der Waals surface area (Å²) in [6, 6.07) is 7.02. The van der Waals surface area contributed by atoms with E-state index in [4.69, 9.17) is 0 Å². The predicted octanol–water partition coefficient (Wildman–Crippen LogP) is 3.72. The van der Waals surface area contributed by atoms with Gasteiger partial charge in [0.1, 0.15) is 5.82 Å². The van der Waals surface area contributed by atoms with Crippen molar-refractivity contribution < 1.29 is 4.79 Å². The molecule has 6 nitrogen and oxygen atoms in total. The number of aromatic amines is 1. The first kappa shape index (κ1) is 20.1. The van der Waals surface area contributed by atoms with E-state index >= 15 is 0 Å². The molecule has 6 heteroatoms. The topological polar surface area (TPSA) is 86.9 Å². The van der Waals surface area contributed by atoms with E-state index in [0.717, 1.165) is 31.2 Å². The molecule has 1 aliphatic rings. The van der Waals surface area contributed by atoms with Gasteiger partial charge in [-0.05, 0) is 54.7 Å². The van der Waals surface area contributed by atoms with E-state index < -0.39 is 0 Å². The fraction of sp³-hybridized carbons (Fsp3) is 0.500. The van der Waals surface area contributed by atoms with Crippen LogP contribution in [0.3, 0.4) is 0 Å². The molecule has 0 bridgehead atoms. The predicted molar refractivity (Wildman–Crippen MR) is 111 cm³/mol. The molecule has 0 unspecified atom stereocenters. The minimum atomic E-state index is -0.136. The van der Waals surface area contributed by atoms with Gasteiger partial charge in [-0.15, -0.1) is 0 Å². The van der Waals surface area contributed by atoms with Crippen molar-refractivity contribution in [3.8, 4) is 0 Å². The number of hydrogen-bond donors (Lipinski definition) is 3. The van der Waals surface area contributed by atoms with Gasteiger partial charge in [0.15, 0.2) is 0 Å². The Labute approximate surface area is 166 Å². The second-order valence-electron chi connectivity index (χ2n) is 8.70. The van der Waals surface area contributed by atoms with Gasteiger partial charge in [-0.1, -0.05) is 26.8 Å². The molecule has 2 heterocycles. The zero-order chi connectivity index (χ0) is 20.1. The summed E-state index contributed by atoms with van der Waals surface area (Å²) in [4.78, 5) is 31.0. The Balaban J connectivity index is 1.60. The lowest BCUT2D eigenvalue weighted by molar-refractivity contribution is 0.0904. The van der Waals surface area contributed by atoms with E-state index in [1.165, 1.54) is 6.07 Å². The second-order valence-corrected chi connectivity index (χ2v) is 8.70. The maximum absolute atomic E-state index is 12.8. The number of aromatic nitrogens is 2. The normalized spacial score (nSPS) is 19.8. The molecule has 0 aromatic carbocycles. The number of H-pyrrole nitrogens is 1. The van der Waals surface area contributed by atoms with Crippen LogP contribution in [0, 0.1) is 11.3 Å². The lowest BCUT2D eigenvalue weighted by Crippen LogP contribution is -2.39. The van der Waals surface area contributed by atoms with Gasteiger partial charge in [-0.25, -0.2) is 4.98 Å². The van der Waals surface area contributed by atoms with Crippen molar-refractivity contribution in [1.82, 2.24) is 15.3 Å². The van der Waals surface area contributed by atoms with Crippen LogP contribution in [0.25, 0.3) is 0 Å². The third kappa shape index (κ3) is 5.21. The van der Waals surface area contributed by atoms with Crippen molar-refractivity contribution in [3.63, 3.8) is 0 Å². The Morgan fingerprint density at radius 3 is 2.57 bits per heavy atom. The van der Waals surface area contributed by atoms with E-state index in [-0.39, 0.29) is 17.5 Å². The maximum atomic E-state index is 12.8. The SMILES string of the molecule is CC(C)(C)[C@H]1CC[C@@H](NC(=O)c2cccnc2NCc2ccc(=O)[nH]c2)CC1. The van der Waals surface area contributed by atoms with Gasteiger partial charge in [-0.2, -0.15) is 0 Å². The summed E-state index contributed by atoms with van der Waals surface area (Å²) in [6.45, 7) is 7.37. The summed E-state index contributed by atoms with van der Waals surface area (Å²) in [5.74, 6) is 1.18. The lowest BCUT2D eigenvalue weighted by Gasteiger charge is -2.37. The van der Waals surface area contributed by atoms with Gasteiger partial charge in [0, 0.05) is 31.0 Å². The summed E-state index contributed by atoms with van der Waals surface area (Å²) in [6.07, 6.45) is 7.67. The van der Waals surface area contributed by atoms with Crippen molar-refractivity contribution in [2.24, 2.45) is 11.3 Å². The van der Waals surface area contributed by atoms with Crippen LogP contribution < -0.4 is 16.2 Å². The van der Waals surface area contributed by atoms with Crippen molar-refractivity contribution in [2.45, 2.75) is 59.0 Å². The molecule has 2 aromatic heterocycles. The van der Waals surface area contributed by atoms with E-state index in [9.17, 15) is 9.59 Å². The van der Waals surface area contributed by atoms with Crippen LogP contribution in [0.2, 0.25) is 0 Å². The molecule has 1 aliphatic carbocycles. The van der Waals surface area contributed by atoms with Gasteiger partial charge in [-0.3, -0.25) is 9.59 Å². The summed E-state index contributed by atoms with van der Waals surface area (Å²) in [5.41, 5.74) is 1.65. The summed E-state index contributed by atoms with van der Waals surface area (Å²) in [5, 5.41) is 6.39. The van der Waals surface area contributed by atoms with Crippen LogP contribution >= 0.6 is 0 Å². The highest BCUT2D eigenvalue weighted by Crippen LogP contribution is 2.37. The van der Waals surface area contributed by atoms with Crippen LogP contribution in [0.4, 0.5) is 5.82 Å². The molecule has 150 valence electrons. The maximum Gasteiger partial charge on any atom is 0.255 e. The molecule has 0 spiro atoms. The Morgan fingerprint density at radius 1 is 1.18 bits per heavy atom. The van der Waals surface area contributed by atoms with Crippen LogP contribution in [-0.2, 0) is 6.54 Å². The average Bonchev–Trinajstić information content (AvgIpc) is 2.67. The van der Waals surface area contributed by atoms with Crippen molar-refractivity contribution in [3.05, 3.63) is 58.1 Å². The molecule has 3 N–H and O–H groups in total. The fourth-order valence-electron chi connectivity index (χ4n) is 3.83. The number of pyridine rings is 2. The molecule has 0 saturated heterocycles. The first-order valence-corrected chi connectivity index (χ1v) is 10.0. The summed E-state index contributed by atoms with van der Waals surface area (Å²) in [7, 11) is 0. The zero-order valence-corrected chi connectivity index (χ0v) is 16.9. The minimum absolute atomic E-state index is 0.0868. The molecule has 0 aliphatic heterocycles. The van der Waals surface area contributed by atoms with E-state index in [2.05, 4.69) is 41.4 Å². The molecule has 0 radical (unpaired) electrons. The summed E-state index contributed by atoms with van der Waals surface area (Å²) >= 11 is 0. The highest BCUT2D eigenvalue weighted by molar-refractivity contribution is 5.98.